The van der Waals surface area contributed by atoms with Gasteiger partial charge < -0.3 is 5.32 Å². The van der Waals surface area contributed by atoms with E-state index < -0.39 is 5.92 Å². The molecule has 0 heterocycles. The Morgan fingerprint density at radius 2 is 1.94 bits per heavy atom. The summed E-state index contributed by atoms with van der Waals surface area (Å²) in [5, 5.41) is 3.39. The van der Waals surface area contributed by atoms with Gasteiger partial charge in [0, 0.05) is 18.9 Å². The molecule has 0 aromatic rings. The van der Waals surface area contributed by atoms with Crippen molar-refractivity contribution in [3.05, 3.63) is 0 Å². The zero-order valence-electron chi connectivity index (χ0n) is 10.6. The predicted molar refractivity (Wildman–Crippen MR) is 64.1 cm³/mol. The van der Waals surface area contributed by atoms with E-state index in [2.05, 4.69) is 5.32 Å². The first-order chi connectivity index (χ1) is 8.07. The second-order valence-electron chi connectivity index (χ2n) is 6.58. The first-order valence-corrected chi connectivity index (χ1v) is 7.12. The summed E-state index contributed by atoms with van der Waals surface area (Å²) in [5.74, 6) is 0.611. The average Bonchev–Trinajstić information content (AvgIpc) is 2.73. The molecule has 4 atom stereocenters. The third-order valence-corrected chi connectivity index (χ3v) is 5.31. The lowest BCUT2D eigenvalue weighted by atomic mass is 9.87. The molecule has 4 unspecified atom stereocenters. The Balaban J connectivity index is 1.52. The fraction of sp³-hybridized carbons (Fsp3) is 1.00. The summed E-state index contributed by atoms with van der Waals surface area (Å²) in [6, 6.07) is 0.488. The van der Waals surface area contributed by atoms with Crippen LogP contribution in [0.3, 0.4) is 0 Å². The van der Waals surface area contributed by atoms with Gasteiger partial charge >= 0.3 is 0 Å². The molecule has 0 aromatic heterocycles. The van der Waals surface area contributed by atoms with Crippen LogP contribution in [0, 0.1) is 23.7 Å². The Morgan fingerprint density at radius 3 is 2.47 bits per heavy atom. The van der Waals surface area contributed by atoms with Crippen LogP contribution in [0.1, 0.15) is 44.9 Å². The van der Waals surface area contributed by atoms with Gasteiger partial charge in [-0.2, -0.15) is 0 Å². The molecule has 0 spiro atoms. The summed E-state index contributed by atoms with van der Waals surface area (Å²) in [7, 11) is 2.00. The molecule has 0 saturated heterocycles. The van der Waals surface area contributed by atoms with Crippen LogP contribution in [-0.2, 0) is 0 Å². The van der Waals surface area contributed by atoms with Crippen molar-refractivity contribution in [3.63, 3.8) is 0 Å². The first kappa shape index (κ1) is 11.9. The maximum absolute atomic E-state index is 13.2. The van der Waals surface area contributed by atoms with E-state index in [1.54, 1.807) is 0 Å². The smallest absolute Gasteiger partial charge is 0.248 e. The van der Waals surface area contributed by atoms with Crippen molar-refractivity contribution in [2.45, 2.75) is 56.9 Å². The lowest BCUT2D eigenvalue weighted by Gasteiger charge is -2.27. The second kappa shape index (κ2) is 4.18. The monoisotopic (exact) mass is 243 g/mol. The molecule has 0 radical (unpaired) electrons. The Kier molecular flexibility index (Phi) is 2.92. The summed E-state index contributed by atoms with van der Waals surface area (Å²) in [6.07, 6.45) is 6.07. The summed E-state index contributed by atoms with van der Waals surface area (Å²) >= 11 is 0. The van der Waals surface area contributed by atoms with E-state index in [0.717, 1.165) is 30.6 Å². The molecule has 3 rings (SSSR count). The Morgan fingerprint density at radius 1 is 1.24 bits per heavy atom. The van der Waals surface area contributed by atoms with Gasteiger partial charge in [0.2, 0.25) is 5.92 Å². The van der Waals surface area contributed by atoms with E-state index in [4.69, 9.17) is 0 Å². The molecular formula is C14H23F2N. The second-order valence-corrected chi connectivity index (χ2v) is 6.58. The van der Waals surface area contributed by atoms with Gasteiger partial charge in [-0.15, -0.1) is 0 Å². The summed E-state index contributed by atoms with van der Waals surface area (Å²) in [5.41, 5.74) is 0. The zero-order valence-corrected chi connectivity index (χ0v) is 10.6. The van der Waals surface area contributed by atoms with Gasteiger partial charge in [-0.3, -0.25) is 0 Å². The third-order valence-electron chi connectivity index (χ3n) is 5.31. The molecule has 98 valence electrons. The Hall–Kier alpha value is -0.180. The molecule has 3 aliphatic rings. The van der Waals surface area contributed by atoms with Gasteiger partial charge in [0.1, 0.15) is 0 Å². The van der Waals surface area contributed by atoms with Crippen LogP contribution in [0.15, 0.2) is 0 Å². The Labute approximate surface area is 102 Å². The third kappa shape index (κ3) is 2.49. The molecule has 0 amide bonds. The molecule has 0 aromatic carbocycles. The average molecular weight is 243 g/mol. The van der Waals surface area contributed by atoms with Gasteiger partial charge in [-0.05, 0) is 62.8 Å². The quantitative estimate of drug-likeness (QED) is 0.797. The van der Waals surface area contributed by atoms with E-state index in [1.165, 1.54) is 19.3 Å². The molecule has 3 fully saturated rings. The van der Waals surface area contributed by atoms with Gasteiger partial charge in [-0.25, -0.2) is 8.78 Å². The highest BCUT2D eigenvalue weighted by molar-refractivity contribution is 4.99. The van der Waals surface area contributed by atoms with E-state index in [0.29, 0.717) is 6.04 Å². The van der Waals surface area contributed by atoms with Crippen molar-refractivity contribution in [2.24, 2.45) is 23.7 Å². The van der Waals surface area contributed by atoms with Crippen molar-refractivity contribution in [2.75, 3.05) is 7.05 Å². The zero-order chi connectivity index (χ0) is 12.0. The van der Waals surface area contributed by atoms with Crippen molar-refractivity contribution in [1.29, 1.82) is 0 Å². The highest BCUT2D eigenvalue weighted by Gasteiger charge is 2.48. The lowest BCUT2D eigenvalue weighted by Crippen LogP contribution is -2.34. The van der Waals surface area contributed by atoms with Crippen LogP contribution >= 0.6 is 0 Å². The summed E-state index contributed by atoms with van der Waals surface area (Å²) in [6.45, 7) is 0. The summed E-state index contributed by atoms with van der Waals surface area (Å²) in [4.78, 5) is 0. The van der Waals surface area contributed by atoms with Crippen molar-refractivity contribution >= 4 is 0 Å². The van der Waals surface area contributed by atoms with Gasteiger partial charge in [-0.1, -0.05) is 0 Å². The maximum atomic E-state index is 13.2. The minimum absolute atomic E-state index is 0.115. The molecule has 1 nitrogen and oxygen atoms in total. The minimum Gasteiger partial charge on any atom is -0.317 e. The lowest BCUT2D eigenvalue weighted by molar-refractivity contribution is 0.00403. The fourth-order valence-corrected chi connectivity index (χ4v) is 4.24. The summed E-state index contributed by atoms with van der Waals surface area (Å²) < 4.78 is 26.3. The van der Waals surface area contributed by atoms with E-state index >= 15 is 0 Å². The van der Waals surface area contributed by atoms with Crippen LogP contribution in [-0.4, -0.2) is 19.0 Å². The Bertz CT molecular complexity index is 282. The highest BCUT2D eigenvalue weighted by atomic mass is 19.3. The molecule has 1 N–H and O–H groups in total. The minimum atomic E-state index is -2.37. The topological polar surface area (TPSA) is 12.0 Å². The first-order valence-electron chi connectivity index (χ1n) is 7.12. The molecule has 17 heavy (non-hydrogen) atoms. The number of rotatable bonds is 4. The van der Waals surface area contributed by atoms with Gasteiger partial charge in [0.05, 0.1) is 0 Å². The van der Waals surface area contributed by atoms with Crippen molar-refractivity contribution in [3.8, 4) is 0 Å². The van der Waals surface area contributed by atoms with E-state index in [1.807, 2.05) is 7.05 Å². The molecule has 3 heteroatoms. The molecule has 3 aliphatic carbocycles. The van der Waals surface area contributed by atoms with Crippen LogP contribution < -0.4 is 5.32 Å². The standard InChI is InChI=1S/C14H23F2N/c1-17-13(12-6-10-5-11(10)7-12)4-9-2-3-14(15,16)8-9/h9-13,17H,2-8H2,1H3. The predicted octanol–water partition coefficient (Wildman–Crippen LogP) is 3.45. The number of nitrogens with one attached hydrogen (secondary N) is 1. The molecule has 0 bridgehead atoms. The van der Waals surface area contributed by atoms with Gasteiger partial charge in [0.25, 0.3) is 0 Å². The molecule has 0 aliphatic heterocycles. The SMILES string of the molecule is CNC(CC1CCC(F)(F)C1)C1CC2CC2C1. The van der Waals surface area contributed by atoms with Crippen molar-refractivity contribution < 1.29 is 8.78 Å². The highest BCUT2D eigenvalue weighted by Crippen LogP contribution is 2.56. The number of hydrogen-bond acceptors (Lipinski definition) is 1. The van der Waals surface area contributed by atoms with Crippen LogP contribution in [0.2, 0.25) is 0 Å². The van der Waals surface area contributed by atoms with Crippen LogP contribution in [0.4, 0.5) is 8.78 Å². The molecule has 3 saturated carbocycles. The number of alkyl halides is 2. The molecular weight excluding hydrogens is 220 g/mol. The van der Waals surface area contributed by atoms with Crippen LogP contribution in [0.25, 0.3) is 0 Å². The van der Waals surface area contributed by atoms with Crippen molar-refractivity contribution in [1.82, 2.24) is 5.32 Å². The number of fused-ring (bicyclic) bond motifs is 1. The fourth-order valence-electron chi connectivity index (χ4n) is 4.24. The number of hydrogen-bond donors (Lipinski definition) is 1. The van der Waals surface area contributed by atoms with E-state index in [-0.39, 0.29) is 18.8 Å². The normalized spacial score (nSPS) is 44.6. The maximum Gasteiger partial charge on any atom is 0.248 e. The van der Waals surface area contributed by atoms with Crippen LogP contribution in [0.5, 0.6) is 0 Å². The largest absolute Gasteiger partial charge is 0.317 e. The number of halogens is 2. The van der Waals surface area contributed by atoms with Gasteiger partial charge in [0.15, 0.2) is 0 Å². The van der Waals surface area contributed by atoms with E-state index in [9.17, 15) is 8.78 Å².